The van der Waals surface area contributed by atoms with Gasteiger partial charge in [-0.05, 0) is 47.9 Å². The smallest absolute Gasteiger partial charge is 0.407 e. The van der Waals surface area contributed by atoms with Gasteiger partial charge in [0.1, 0.15) is 6.61 Å². The maximum absolute atomic E-state index is 12.7. The van der Waals surface area contributed by atoms with Crippen molar-refractivity contribution in [1.82, 2.24) is 10.6 Å². The fraction of sp³-hybridized carbons (Fsp3) is 0.464. The lowest BCUT2D eigenvalue weighted by atomic mass is 9.74. The van der Waals surface area contributed by atoms with Gasteiger partial charge in [-0.15, -0.1) is 0 Å². The second-order valence-corrected chi connectivity index (χ2v) is 9.77. The molecule has 7 heteroatoms. The standard InChI is InChI=1S/C28H34N2O5/c1-2-3-9-19(16-25(31)30-28(14-8-15-28)17-26(32)33)29-27(34)35-18-24-22-12-6-4-10-20(22)21-11-5-7-13-23(21)24/h4-7,10-13,19,24H,2-3,8-9,14-18H2,1H3,(H,29,34)(H,30,31)(H,32,33)/t19-/m0/s1. The van der Waals surface area contributed by atoms with E-state index in [0.717, 1.165) is 30.4 Å². The van der Waals surface area contributed by atoms with Crippen LogP contribution in [0.5, 0.6) is 0 Å². The number of alkyl carbamates (subject to hydrolysis) is 1. The zero-order valence-electron chi connectivity index (χ0n) is 20.2. The van der Waals surface area contributed by atoms with E-state index in [9.17, 15) is 19.5 Å². The minimum absolute atomic E-state index is 0.0277. The highest BCUT2D eigenvalue weighted by atomic mass is 16.5. The molecule has 0 radical (unpaired) electrons. The first-order valence-electron chi connectivity index (χ1n) is 12.5. The molecule has 0 unspecified atom stereocenters. The average molecular weight is 479 g/mol. The molecule has 2 amide bonds. The SMILES string of the molecule is CCCC[C@@H](CC(=O)NC1(CC(=O)O)CCC1)NC(=O)OCC1c2ccccc2-c2ccccc21. The van der Waals surface area contributed by atoms with Gasteiger partial charge in [0.05, 0.1) is 12.0 Å². The minimum Gasteiger partial charge on any atom is -0.481 e. The molecule has 0 bridgehead atoms. The van der Waals surface area contributed by atoms with Gasteiger partial charge in [0.2, 0.25) is 5.91 Å². The van der Waals surface area contributed by atoms with E-state index in [1.807, 2.05) is 24.3 Å². The van der Waals surface area contributed by atoms with E-state index in [1.165, 1.54) is 11.1 Å². The zero-order valence-corrected chi connectivity index (χ0v) is 20.2. The van der Waals surface area contributed by atoms with Crippen molar-refractivity contribution in [2.45, 2.75) is 75.8 Å². The predicted octanol–water partition coefficient (Wildman–Crippen LogP) is 4.99. The van der Waals surface area contributed by atoms with Crippen LogP contribution in [0.15, 0.2) is 48.5 Å². The molecule has 35 heavy (non-hydrogen) atoms. The monoisotopic (exact) mass is 478 g/mol. The minimum atomic E-state index is -0.913. The number of rotatable bonds is 11. The van der Waals surface area contributed by atoms with Gasteiger partial charge >= 0.3 is 12.1 Å². The third kappa shape index (κ3) is 5.84. The lowest BCUT2D eigenvalue weighted by Gasteiger charge is -2.41. The molecule has 1 saturated carbocycles. The first-order valence-corrected chi connectivity index (χ1v) is 12.5. The number of ether oxygens (including phenoxy) is 1. The van der Waals surface area contributed by atoms with E-state index >= 15 is 0 Å². The van der Waals surface area contributed by atoms with Gasteiger partial charge in [0.25, 0.3) is 0 Å². The molecule has 186 valence electrons. The van der Waals surface area contributed by atoms with Gasteiger partial charge < -0.3 is 20.5 Å². The van der Waals surface area contributed by atoms with Crippen LogP contribution in [0.2, 0.25) is 0 Å². The number of unbranched alkanes of at least 4 members (excludes halogenated alkanes) is 1. The quantitative estimate of drug-likeness (QED) is 0.422. The van der Waals surface area contributed by atoms with Crippen molar-refractivity contribution in [3.05, 3.63) is 59.7 Å². The largest absolute Gasteiger partial charge is 0.481 e. The molecule has 1 fully saturated rings. The lowest BCUT2D eigenvalue weighted by molar-refractivity contribution is -0.140. The number of carboxylic acids is 1. The van der Waals surface area contributed by atoms with Crippen LogP contribution in [0.3, 0.4) is 0 Å². The normalized spacial score (nSPS) is 16.4. The topological polar surface area (TPSA) is 105 Å². The Kier molecular flexibility index (Phi) is 7.73. The number of hydrogen-bond acceptors (Lipinski definition) is 4. The van der Waals surface area contributed by atoms with E-state index in [0.29, 0.717) is 19.3 Å². The van der Waals surface area contributed by atoms with Crippen molar-refractivity contribution in [1.29, 1.82) is 0 Å². The van der Waals surface area contributed by atoms with Crippen LogP contribution in [0.4, 0.5) is 4.79 Å². The number of carbonyl (C=O) groups excluding carboxylic acids is 2. The summed E-state index contributed by atoms with van der Waals surface area (Å²) < 4.78 is 5.66. The predicted molar refractivity (Wildman–Crippen MR) is 133 cm³/mol. The Hall–Kier alpha value is -3.35. The van der Waals surface area contributed by atoms with Crippen molar-refractivity contribution in [2.24, 2.45) is 0 Å². The summed E-state index contributed by atoms with van der Waals surface area (Å²) in [6, 6.07) is 16.0. The van der Waals surface area contributed by atoms with Crippen LogP contribution in [-0.2, 0) is 14.3 Å². The summed E-state index contributed by atoms with van der Waals surface area (Å²) in [5.41, 5.74) is 3.98. The maximum Gasteiger partial charge on any atom is 0.407 e. The number of carbonyl (C=O) groups is 3. The Bertz CT molecular complexity index is 1030. The Morgan fingerprint density at radius 3 is 2.23 bits per heavy atom. The van der Waals surface area contributed by atoms with Gasteiger partial charge in [-0.1, -0.05) is 68.3 Å². The highest BCUT2D eigenvalue weighted by Gasteiger charge is 2.40. The van der Waals surface area contributed by atoms with Gasteiger partial charge in [0, 0.05) is 18.4 Å². The van der Waals surface area contributed by atoms with Crippen molar-refractivity contribution in [3.8, 4) is 11.1 Å². The first-order chi connectivity index (χ1) is 16.9. The Morgan fingerprint density at radius 2 is 1.69 bits per heavy atom. The molecule has 7 nitrogen and oxygen atoms in total. The fourth-order valence-electron chi connectivity index (χ4n) is 5.29. The molecule has 2 aliphatic rings. The number of benzene rings is 2. The third-order valence-electron chi connectivity index (χ3n) is 7.21. The molecule has 2 aromatic rings. The summed E-state index contributed by atoms with van der Waals surface area (Å²) in [6.45, 7) is 2.27. The molecule has 0 spiro atoms. The van der Waals surface area contributed by atoms with Crippen LogP contribution in [0.25, 0.3) is 11.1 Å². The molecular weight excluding hydrogens is 444 g/mol. The lowest BCUT2D eigenvalue weighted by Crippen LogP contribution is -2.55. The Labute approximate surface area is 206 Å². The van der Waals surface area contributed by atoms with Crippen LogP contribution in [0.1, 0.15) is 75.3 Å². The molecule has 2 aromatic carbocycles. The van der Waals surface area contributed by atoms with Crippen LogP contribution in [0, 0.1) is 0 Å². The highest BCUT2D eigenvalue weighted by molar-refractivity contribution is 5.80. The highest BCUT2D eigenvalue weighted by Crippen LogP contribution is 2.44. The van der Waals surface area contributed by atoms with Crippen molar-refractivity contribution in [3.63, 3.8) is 0 Å². The van der Waals surface area contributed by atoms with Crippen molar-refractivity contribution >= 4 is 18.0 Å². The second kappa shape index (κ2) is 10.9. The summed E-state index contributed by atoms with van der Waals surface area (Å²) >= 11 is 0. The third-order valence-corrected chi connectivity index (χ3v) is 7.21. The van der Waals surface area contributed by atoms with Crippen LogP contribution < -0.4 is 10.6 Å². The summed E-state index contributed by atoms with van der Waals surface area (Å²) in [5, 5.41) is 15.0. The summed E-state index contributed by atoms with van der Waals surface area (Å²) in [7, 11) is 0. The summed E-state index contributed by atoms with van der Waals surface area (Å²) in [6.07, 6.45) is 4.20. The summed E-state index contributed by atoms with van der Waals surface area (Å²) in [5.74, 6) is -1.17. The molecule has 0 heterocycles. The first kappa shape index (κ1) is 24.8. The molecule has 2 aliphatic carbocycles. The molecular formula is C28H34N2O5. The Morgan fingerprint density at radius 1 is 1.06 bits per heavy atom. The second-order valence-electron chi connectivity index (χ2n) is 9.77. The van der Waals surface area contributed by atoms with E-state index in [-0.39, 0.29) is 37.3 Å². The molecule has 0 aliphatic heterocycles. The van der Waals surface area contributed by atoms with Crippen LogP contribution in [-0.4, -0.2) is 41.3 Å². The average Bonchev–Trinajstić information content (AvgIpc) is 3.13. The number of aliphatic carboxylic acids is 1. The van der Waals surface area contributed by atoms with Gasteiger partial charge in [0.15, 0.2) is 0 Å². The van der Waals surface area contributed by atoms with E-state index in [1.54, 1.807) is 0 Å². The van der Waals surface area contributed by atoms with Gasteiger partial charge in [-0.25, -0.2) is 4.79 Å². The molecule has 4 rings (SSSR count). The van der Waals surface area contributed by atoms with Gasteiger partial charge in [-0.3, -0.25) is 9.59 Å². The van der Waals surface area contributed by atoms with Crippen molar-refractivity contribution < 1.29 is 24.2 Å². The zero-order chi connectivity index (χ0) is 24.8. The maximum atomic E-state index is 12.7. The summed E-state index contributed by atoms with van der Waals surface area (Å²) in [4.78, 5) is 36.7. The number of amides is 2. The molecule has 1 atom stereocenters. The molecule has 0 saturated heterocycles. The van der Waals surface area contributed by atoms with E-state index in [4.69, 9.17) is 4.74 Å². The number of hydrogen-bond donors (Lipinski definition) is 3. The number of carboxylic acid groups (broad SMARTS) is 1. The van der Waals surface area contributed by atoms with Crippen molar-refractivity contribution in [2.75, 3.05) is 6.61 Å². The number of fused-ring (bicyclic) bond motifs is 3. The Balaban J connectivity index is 1.35. The number of nitrogens with one attached hydrogen (secondary N) is 2. The molecule has 3 N–H and O–H groups in total. The van der Waals surface area contributed by atoms with E-state index < -0.39 is 17.6 Å². The van der Waals surface area contributed by atoms with Crippen LogP contribution >= 0.6 is 0 Å². The molecule has 0 aromatic heterocycles. The van der Waals surface area contributed by atoms with E-state index in [2.05, 4.69) is 41.8 Å². The fourth-order valence-corrected chi connectivity index (χ4v) is 5.29. The van der Waals surface area contributed by atoms with Gasteiger partial charge in [-0.2, -0.15) is 0 Å².